The number of carbonyl (C=O) groups is 3. The van der Waals surface area contributed by atoms with Gasteiger partial charge in [0.2, 0.25) is 5.91 Å². The number of nitrogens with one attached hydrogen (secondary N) is 2. The molecule has 0 aliphatic rings. The van der Waals surface area contributed by atoms with Crippen molar-refractivity contribution in [1.29, 1.82) is 0 Å². The second-order valence-corrected chi connectivity index (χ2v) is 11.1. The van der Waals surface area contributed by atoms with Crippen molar-refractivity contribution >= 4 is 23.6 Å². The van der Waals surface area contributed by atoms with Crippen molar-refractivity contribution in [2.75, 3.05) is 12.4 Å². The van der Waals surface area contributed by atoms with E-state index in [1.807, 2.05) is 59.7 Å². The fourth-order valence-electron chi connectivity index (χ4n) is 4.16. The highest BCUT2D eigenvalue weighted by Crippen LogP contribution is 2.31. The number of hydrogen-bond donors (Lipinski definition) is 2. The molecule has 0 spiro atoms. The Hall–Kier alpha value is -3.55. The molecule has 2 aromatic rings. The van der Waals surface area contributed by atoms with E-state index in [0.29, 0.717) is 11.4 Å². The smallest absolute Gasteiger partial charge is 0.408 e. The van der Waals surface area contributed by atoms with Crippen LogP contribution in [0.25, 0.3) is 0 Å². The first-order chi connectivity index (χ1) is 17.7. The fourth-order valence-corrected chi connectivity index (χ4v) is 4.16. The van der Waals surface area contributed by atoms with Gasteiger partial charge in [0.05, 0.1) is 7.11 Å². The summed E-state index contributed by atoms with van der Waals surface area (Å²) in [5.74, 6) is -0.302. The van der Waals surface area contributed by atoms with E-state index in [9.17, 15) is 14.4 Å². The molecule has 2 N–H and O–H groups in total. The Kier molecular flexibility index (Phi) is 10.3. The zero-order valence-electron chi connectivity index (χ0n) is 24.3. The van der Waals surface area contributed by atoms with E-state index in [1.54, 1.807) is 57.0 Å². The van der Waals surface area contributed by atoms with Gasteiger partial charge in [-0.2, -0.15) is 0 Å². The van der Waals surface area contributed by atoms with Crippen LogP contribution in [0.3, 0.4) is 0 Å². The van der Waals surface area contributed by atoms with Gasteiger partial charge < -0.3 is 25.0 Å². The van der Waals surface area contributed by atoms with Crippen LogP contribution < -0.4 is 15.4 Å². The molecule has 0 fully saturated rings. The lowest BCUT2D eigenvalue weighted by atomic mass is 9.93. The van der Waals surface area contributed by atoms with Crippen molar-refractivity contribution in [3.05, 3.63) is 59.2 Å². The Morgan fingerprint density at radius 2 is 1.53 bits per heavy atom. The third kappa shape index (κ3) is 7.97. The van der Waals surface area contributed by atoms with Gasteiger partial charge >= 0.3 is 6.09 Å². The average Bonchev–Trinajstić information content (AvgIpc) is 2.81. The molecule has 8 nitrogen and oxygen atoms in total. The van der Waals surface area contributed by atoms with E-state index in [2.05, 4.69) is 10.6 Å². The summed E-state index contributed by atoms with van der Waals surface area (Å²) in [6, 6.07) is 10.6. The third-order valence-corrected chi connectivity index (χ3v) is 6.24. The van der Waals surface area contributed by atoms with Gasteiger partial charge in [0.25, 0.3) is 5.91 Å². The topological polar surface area (TPSA) is 97.0 Å². The summed E-state index contributed by atoms with van der Waals surface area (Å²) in [5, 5.41) is 5.71. The number of benzene rings is 2. The number of amides is 3. The molecule has 38 heavy (non-hydrogen) atoms. The van der Waals surface area contributed by atoms with Crippen LogP contribution in [0.5, 0.6) is 5.75 Å². The SMILES string of the molecule is COc1ccc(NC(=O)C(c2cccc(C)c2C)N(C(=O)C(NC(=O)OC(C)(C)C)C(C)C)C(C)C)cc1. The Morgan fingerprint density at radius 1 is 0.921 bits per heavy atom. The van der Waals surface area contributed by atoms with Gasteiger partial charge in [-0.3, -0.25) is 9.59 Å². The molecule has 0 saturated carbocycles. The van der Waals surface area contributed by atoms with Crippen LogP contribution >= 0.6 is 0 Å². The Balaban J connectivity index is 2.55. The molecule has 0 heterocycles. The summed E-state index contributed by atoms with van der Waals surface area (Å²) in [6.45, 7) is 16.6. The van der Waals surface area contributed by atoms with Crippen molar-refractivity contribution in [3.63, 3.8) is 0 Å². The van der Waals surface area contributed by atoms with Gasteiger partial charge in [0, 0.05) is 11.7 Å². The standard InChI is InChI=1S/C30H43N3O5/c1-18(2)25(32-29(36)38-30(7,8)9)28(35)33(19(3)4)26(24-13-11-12-20(5)21(24)6)27(34)31-22-14-16-23(37-10)17-15-22/h11-19,25-26H,1-10H3,(H,31,34)(H,32,36). The summed E-state index contributed by atoms with van der Waals surface area (Å²) in [6.07, 6.45) is -0.681. The zero-order valence-corrected chi connectivity index (χ0v) is 24.3. The van der Waals surface area contributed by atoms with Crippen molar-refractivity contribution in [2.45, 2.75) is 86.0 Å². The predicted molar refractivity (Wildman–Crippen MR) is 150 cm³/mol. The summed E-state index contributed by atoms with van der Waals surface area (Å²) in [4.78, 5) is 42.3. The number of carbonyl (C=O) groups excluding carboxylic acids is 3. The monoisotopic (exact) mass is 525 g/mol. The highest BCUT2D eigenvalue weighted by Gasteiger charge is 2.39. The molecular formula is C30H43N3O5. The van der Waals surface area contributed by atoms with Crippen molar-refractivity contribution in [1.82, 2.24) is 10.2 Å². The van der Waals surface area contributed by atoms with Crippen molar-refractivity contribution in [3.8, 4) is 5.75 Å². The number of rotatable bonds is 9. The first-order valence-electron chi connectivity index (χ1n) is 13.0. The van der Waals surface area contributed by atoms with Crippen LogP contribution in [0.15, 0.2) is 42.5 Å². The molecular weight excluding hydrogens is 482 g/mol. The van der Waals surface area contributed by atoms with Crippen LogP contribution in [-0.4, -0.2) is 47.6 Å². The largest absolute Gasteiger partial charge is 0.497 e. The van der Waals surface area contributed by atoms with E-state index < -0.39 is 23.8 Å². The van der Waals surface area contributed by atoms with Gasteiger partial charge in [-0.05, 0) is 95.3 Å². The number of alkyl carbamates (subject to hydrolysis) is 1. The molecule has 208 valence electrons. The van der Waals surface area contributed by atoms with Gasteiger partial charge in [-0.25, -0.2) is 4.79 Å². The lowest BCUT2D eigenvalue weighted by Crippen LogP contribution is -2.56. The molecule has 2 unspecified atom stereocenters. The molecule has 0 saturated heterocycles. The normalized spacial score (nSPS) is 13.1. The Labute approximate surface area is 227 Å². The second kappa shape index (κ2) is 12.8. The maximum Gasteiger partial charge on any atom is 0.408 e. The van der Waals surface area contributed by atoms with Gasteiger partial charge in [-0.15, -0.1) is 0 Å². The van der Waals surface area contributed by atoms with E-state index in [-0.39, 0.29) is 23.8 Å². The van der Waals surface area contributed by atoms with Crippen molar-refractivity contribution in [2.24, 2.45) is 5.92 Å². The van der Waals surface area contributed by atoms with E-state index >= 15 is 0 Å². The Bertz CT molecular complexity index is 1120. The minimum atomic E-state index is -0.939. The van der Waals surface area contributed by atoms with Crippen LogP contribution in [0, 0.1) is 19.8 Å². The van der Waals surface area contributed by atoms with Gasteiger partial charge in [-0.1, -0.05) is 32.0 Å². The summed E-state index contributed by atoms with van der Waals surface area (Å²) in [5.41, 5.74) is 2.51. The quantitative estimate of drug-likeness (QED) is 0.433. The van der Waals surface area contributed by atoms with Crippen LogP contribution in [0.4, 0.5) is 10.5 Å². The number of hydrogen-bond acceptors (Lipinski definition) is 5. The molecule has 8 heteroatoms. The lowest BCUT2D eigenvalue weighted by molar-refractivity contribution is -0.143. The zero-order chi connectivity index (χ0) is 28.8. The molecule has 0 bridgehead atoms. The van der Waals surface area contributed by atoms with E-state index in [1.165, 1.54) is 0 Å². The molecule has 0 aliphatic heterocycles. The average molecular weight is 526 g/mol. The fraction of sp³-hybridized carbons (Fsp3) is 0.500. The third-order valence-electron chi connectivity index (χ3n) is 6.24. The van der Waals surface area contributed by atoms with Gasteiger partial charge in [0.15, 0.2) is 0 Å². The summed E-state index contributed by atoms with van der Waals surface area (Å²) in [7, 11) is 1.58. The molecule has 0 aromatic heterocycles. The van der Waals surface area contributed by atoms with Crippen molar-refractivity contribution < 1.29 is 23.9 Å². The number of aryl methyl sites for hydroxylation is 1. The summed E-state index contributed by atoms with van der Waals surface area (Å²) >= 11 is 0. The van der Waals surface area contributed by atoms with Crippen LogP contribution in [0.2, 0.25) is 0 Å². The number of ether oxygens (including phenoxy) is 2. The van der Waals surface area contributed by atoms with Crippen LogP contribution in [0.1, 0.15) is 71.2 Å². The number of methoxy groups -OCH3 is 1. The summed E-state index contributed by atoms with van der Waals surface area (Å²) < 4.78 is 10.6. The predicted octanol–water partition coefficient (Wildman–Crippen LogP) is 5.78. The van der Waals surface area contributed by atoms with Gasteiger partial charge in [0.1, 0.15) is 23.4 Å². The first kappa shape index (κ1) is 30.7. The molecule has 2 aromatic carbocycles. The Morgan fingerprint density at radius 3 is 2.03 bits per heavy atom. The number of nitrogens with zero attached hydrogens (tertiary/aromatic N) is 1. The van der Waals surface area contributed by atoms with E-state index in [0.717, 1.165) is 16.7 Å². The molecule has 0 radical (unpaired) electrons. The molecule has 3 amide bonds. The van der Waals surface area contributed by atoms with E-state index in [4.69, 9.17) is 9.47 Å². The first-order valence-corrected chi connectivity index (χ1v) is 13.0. The lowest BCUT2D eigenvalue weighted by Gasteiger charge is -2.38. The molecule has 0 aliphatic carbocycles. The molecule has 2 rings (SSSR count). The minimum absolute atomic E-state index is 0.250. The minimum Gasteiger partial charge on any atom is -0.497 e. The molecule has 2 atom stereocenters. The van der Waals surface area contributed by atoms with Crippen LogP contribution in [-0.2, 0) is 14.3 Å². The highest BCUT2D eigenvalue weighted by molar-refractivity contribution is 5.99. The maximum atomic E-state index is 14.1. The maximum absolute atomic E-state index is 14.1. The second-order valence-electron chi connectivity index (χ2n) is 11.1. The highest BCUT2D eigenvalue weighted by atomic mass is 16.6. The number of anilines is 1.